The second-order valence-electron chi connectivity index (χ2n) is 5.76. The van der Waals surface area contributed by atoms with Crippen LogP contribution < -0.4 is 5.32 Å². The van der Waals surface area contributed by atoms with E-state index in [0.29, 0.717) is 16.3 Å². The molecule has 1 N–H and O–H groups in total. The Morgan fingerprint density at radius 3 is 2.37 bits per heavy atom. The molecule has 3 aromatic carbocycles. The summed E-state index contributed by atoms with van der Waals surface area (Å²) in [6.45, 7) is 0. The van der Waals surface area contributed by atoms with Gasteiger partial charge in [0, 0.05) is 10.7 Å². The Morgan fingerprint density at radius 1 is 1.00 bits per heavy atom. The number of benzene rings is 3. The molecule has 0 bridgehead atoms. The van der Waals surface area contributed by atoms with Crippen molar-refractivity contribution in [2.24, 2.45) is 0 Å². The zero-order valence-electron chi connectivity index (χ0n) is 13.9. The van der Waals surface area contributed by atoms with Crippen LogP contribution in [-0.2, 0) is 0 Å². The fourth-order valence-corrected chi connectivity index (χ4v) is 3.25. The Labute approximate surface area is 166 Å². The fourth-order valence-electron chi connectivity index (χ4n) is 2.72. The average molecular weight is 399 g/mol. The molecule has 0 aliphatic carbocycles. The lowest BCUT2D eigenvalue weighted by Crippen LogP contribution is -2.14. The first-order chi connectivity index (χ1) is 13.0. The molecule has 0 saturated carbocycles. The van der Waals surface area contributed by atoms with E-state index in [1.807, 2.05) is 30.3 Å². The van der Waals surface area contributed by atoms with Gasteiger partial charge in [0.1, 0.15) is 5.82 Å². The smallest absolute Gasteiger partial charge is 0.260 e. The second-order valence-corrected chi connectivity index (χ2v) is 6.57. The predicted octanol–water partition coefficient (Wildman–Crippen LogP) is 6.04. The number of nitrogens with zero attached hydrogens (tertiary/aromatic N) is 1. The molecule has 0 radical (unpaired) electrons. The Morgan fingerprint density at radius 2 is 1.74 bits per heavy atom. The summed E-state index contributed by atoms with van der Waals surface area (Å²) in [5, 5.41) is 12.5. The molecule has 0 aliphatic heterocycles. The van der Waals surface area contributed by atoms with Gasteiger partial charge in [0.05, 0.1) is 22.6 Å². The van der Waals surface area contributed by atoms with Crippen LogP contribution in [0.5, 0.6) is 0 Å². The molecule has 0 heterocycles. The summed E-state index contributed by atoms with van der Waals surface area (Å²) in [5.41, 5.74) is 1.57. The Bertz CT molecular complexity index is 1010. The number of hydrogen-bond donors (Lipinski definition) is 1. The van der Waals surface area contributed by atoms with E-state index in [1.165, 1.54) is 18.2 Å². The van der Waals surface area contributed by atoms with Crippen molar-refractivity contribution in [2.45, 2.75) is 5.92 Å². The first-order valence-electron chi connectivity index (χ1n) is 8.00. The molecule has 134 valence electrons. The minimum Gasteiger partial charge on any atom is -0.322 e. The van der Waals surface area contributed by atoms with E-state index >= 15 is 0 Å². The number of carbonyl (C=O) groups is 1. The van der Waals surface area contributed by atoms with Crippen LogP contribution >= 0.6 is 23.2 Å². The van der Waals surface area contributed by atoms with Gasteiger partial charge < -0.3 is 5.32 Å². The van der Waals surface area contributed by atoms with Crippen molar-refractivity contribution < 1.29 is 9.18 Å². The molecule has 0 spiro atoms. The minimum atomic E-state index is -0.712. The number of nitrogens with one attached hydrogen (secondary N) is 1. The van der Waals surface area contributed by atoms with E-state index in [1.54, 1.807) is 12.1 Å². The summed E-state index contributed by atoms with van der Waals surface area (Å²) in [7, 11) is 0. The zero-order chi connectivity index (χ0) is 19.4. The fraction of sp³-hybridized carbons (Fsp3) is 0.0476. The molecule has 1 unspecified atom stereocenters. The van der Waals surface area contributed by atoms with Gasteiger partial charge in [-0.2, -0.15) is 5.26 Å². The first-order valence-corrected chi connectivity index (χ1v) is 8.76. The number of rotatable bonds is 4. The molecule has 0 saturated heterocycles. The van der Waals surface area contributed by atoms with E-state index in [-0.39, 0.29) is 10.6 Å². The van der Waals surface area contributed by atoms with Crippen molar-refractivity contribution in [1.29, 1.82) is 5.26 Å². The molecule has 3 nitrogen and oxygen atoms in total. The van der Waals surface area contributed by atoms with Gasteiger partial charge >= 0.3 is 0 Å². The molecule has 3 aromatic rings. The van der Waals surface area contributed by atoms with Crippen molar-refractivity contribution in [2.75, 3.05) is 5.32 Å². The van der Waals surface area contributed by atoms with E-state index in [0.717, 1.165) is 11.6 Å². The highest BCUT2D eigenvalue weighted by atomic mass is 35.5. The lowest BCUT2D eigenvalue weighted by Gasteiger charge is -2.14. The molecule has 0 fully saturated rings. The Balaban J connectivity index is 1.87. The molecule has 0 aromatic heterocycles. The summed E-state index contributed by atoms with van der Waals surface area (Å²) in [6, 6.07) is 20.3. The summed E-state index contributed by atoms with van der Waals surface area (Å²) < 4.78 is 13.9. The average Bonchev–Trinajstić information content (AvgIpc) is 2.65. The van der Waals surface area contributed by atoms with Crippen LogP contribution in [0.3, 0.4) is 0 Å². The largest absolute Gasteiger partial charge is 0.322 e. The summed E-state index contributed by atoms with van der Waals surface area (Å²) in [5.74, 6) is -1.93. The van der Waals surface area contributed by atoms with Crippen LogP contribution in [0.1, 0.15) is 27.4 Å². The minimum absolute atomic E-state index is 0.0174. The lowest BCUT2D eigenvalue weighted by atomic mass is 9.92. The quantitative estimate of drug-likeness (QED) is 0.582. The van der Waals surface area contributed by atoms with E-state index in [2.05, 4.69) is 11.4 Å². The number of carbonyl (C=O) groups excluding carboxylic acids is 1. The van der Waals surface area contributed by atoms with Crippen LogP contribution in [0.15, 0.2) is 66.7 Å². The maximum absolute atomic E-state index is 13.9. The van der Waals surface area contributed by atoms with Crippen LogP contribution in [0.2, 0.25) is 10.0 Å². The molecule has 6 heteroatoms. The van der Waals surface area contributed by atoms with Gasteiger partial charge in [0.15, 0.2) is 0 Å². The van der Waals surface area contributed by atoms with Crippen LogP contribution in [-0.4, -0.2) is 5.91 Å². The highest BCUT2D eigenvalue weighted by molar-refractivity contribution is 6.34. The number of hydrogen-bond acceptors (Lipinski definition) is 2. The number of amides is 1. The van der Waals surface area contributed by atoms with Crippen LogP contribution in [0, 0.1) is 17.1 Å². The Kier molecular flexibility index (Phi) is 5.75. The van der Waals surface area contributed by atoms with Crippen molar-refractivity contribution in [3.63, 3.8) is 0 Å². The van der Waals surface area contributed by atoms with Crippen LogP contribution in [0.4, 0.5) is 10.1 Å². The third kappa shape index (κ3) is 4.11. The number of halogens is 3. The summed E-state index contributed by atoms with van der Waals surface area (Å²) in [4.78, 5) is 12.3. The monoisotopic (exact) mass is 398 g/mol. The van der Waals surface area contributed by atoms with Crippen molar-refractivity contribution in [1.82, 2.24) is 0 Å². The third-order valence-electron chi connectivity index (χ3n) is 4.02. The van der Waals surface area contributed by atoms with E-state index in [4.69, 9.17) is 23.2 Å². The molecule has 3 rings (SSSR count). The number of anilines is 1. The third-order valence-corrected chi connectivity index (χ3v) is 4.66. The predicted molar refractivity (Wildman–Crippen MR) is 105 cm³/mol. The molecular weight excluding hydrogens is 386 g/mol. The second kappa shape index (κ2) is 8.22. The van der Waals surface area contributed by atoms with Crippen LogP contribution in [0.25, 0.3) is 0 Å². The van der Waals surface area contributed by atoms with Gasteiger partial charge in [-0.15, -0.1) is 0 Å². The molecule has 0 aliphatic rings. The highest BCUT2D eigenvalue weighted by Gasteiger charge is 2.19. The lowest BCUT2D eigenvalue weighted by molar-refractivity contribution is 0.102. The highest BCUT2D eigenvalue weighted by Crippen LogP contribution is 2.32. The molecule has 1 amide bonds. The van der Waals surface area contributed by atoms with Gasteiger partial charge in [0.25, 0.3) is 5.91 Å². The topological polar surface area (TPSA) is 52.9 Å². The SMILES string of the molecule is N#CC(c1ccccc1)c1ccc(NC(=O)c2c(F)cccc2Cl)cc1Cl. The normalized spacial score (nSPS) is 11.5. The molecular formula is C21H13Cl2FN2O. The van der Waals surface area contributed by atoms with Gasteiger partial charge in [-0.05, 0) is 35.4 Å². The van der Waals surface area contributed by atoms with Gasteiger partial charge in [0.2, 0.25) is 0 Å². The van der Waals surface area contributed by atoms with Gasteiger partial charge in [-0.3, -0.25) is 4.79 Å². The van der Waals surface area contributed by atoms with E-state index < -0.39 is 17.6 Å². The molecule has 1 atom stereocenters. The standard InChI is InChI=1S/C21H13Cl2FN2O/c22-17-7-4-8-19(24)20(17)21(27)26-14-9-10-15(18(23)11-14)16(12-25)13-5-2-1-3-6-13/h1-11,16H,(H,26,27). The maximum atomic E-state index is 13.9. The van der Waals surface area contributed by atoms with Gasteiger partial charge in [-0.1, -0.05) is 65.7 Å². The summed E-state index contributed by atoms with van der Waals surface area (Å²) in [6.07, 6.45) is 0. The zero-order valence-corrected chi connectivity index (χ0v) is 15.4. The van der Waals surface area contributed by atoms with E-state index in [9.17, 15) is 14.4 Å². The van der Waals surface area contributed by atoms with Gasteiger partial charge in [-0.25, -0.2) is 4.39 Å². The first kappa shape index (κ1) is 18.9. The summed E-state index contributed by atoms with van der Waals surface area (Å²) >= 11 is 12.3. The molecule has 27 heavy (non-hydrogen) atoms. The van der Waals surface area contributed by atoms with Crippen molar-refractivity contribution >= 4 is 34.8 Å². The van der Waals surface area contributed by atoms with Crippen molar-refractivity contribution in [3.05, 3.63) is 99.3 Å². The maximum Gasteiger partial charge on any atom is 0.260 e. The number of nitriles is 1. The Hall–Kier alpha value is -2.87. The van der Waals surface area contributed by atoms with Crippen molar-refractivity contribution in [3.8, 4) is 6.07 Å².